The second-order valence-corrected chi connectivity index (χ2v) is 4.01. The Morgan fingerprint density at radius 2 is 1.79 bits per heavy atom. The minimum absolute atomic E-state index is 0.141. The van der Waals surface area contributed by atoms with E-state index in [9.17, 15) is 4.39 Å². The fraction of sp³-hybridized carbons (Fsp3) is 0.133. The number of halogens is 1. The molecule has 0 saturated carbocycles. The molecule has 3 nitrogen and oxygen atoms in total. The Bertz CT molecular complexity index is 647. The molecule has 0 bridgehead atoms. The van der Waals surface area contributed by atoms with Crippen LogP contribution in [0.1, 0.15) is 11.1 Å². The molecule has 0 heterocycles. The topological polar surface area (TPSA) is 42.2 Å². The summed E-state index contributed by atoms with van der Waals surface area (Å²) in [5, 5.41) is 8.96. The first-order valence-corrected chi connectivity index (χ1v) is 5.66. The molecule has 4 heteroatoms. The summed E-state index contributed by atoms with van der Waals surface area (Å²) in [6, 6.07) is 11.1. The van der Waals surface area contributed by atoms with E-state index in [0.29, 0.717) is 17.2 Å². The lowest BCUT2D eigenvalue weighted by molar-refractivity contribution is 0.378. The van der Waals surface area contributed by atoms with Crippen LogP contribution in [0.25, 0.3) is 0 Å². The Morgan fingerprint density at radius 3 is 2.47 bits per heavy atom. The van der Waals surface area contributed by atoms with Crippen LogP contribution in [0.2, 0.25) is 0 Å². The molecule has 0 spiro atoms. The lowest BCUT2D eigenvalue weighted by Gasteiger charge is -2.11. The number of aryl methyl sites for hydroxylation is 1. The fourth-order valence-electron chi connectivity index (χ4n) is 1.66. The van der Waals surface area contributed by atoms with Gasteiger partial charge in [0.25, 0.3) is 0 Å². The van der Waals surface area contributed by atoms with Gasteiger partial charge in [0.05, 0.1) is 12.7 Å². The van der Waals surface area contributed by atoms with Crippen LogP contribution in [-0.4, -0.2) is 7.11 Å². The van der Waals surface area contributed by atoms with Crippen molar-refractivity contribution < 1.29 is 13.9 Å². The van der Waals surface area contributed by atoms with Gasteiger partial charge in [0.15, 0.2) is 11.5 Å². The molecule has 0 aliphatic heterocycles. The predicted molar refractivity (Wildman–Crippen MR) is 68.9 cm³/mol. The molecular formula is C15H12FNO2. The Morgan fingerprint density at radius 1 is 1.05 bits per heavy atom. The molecule has 2 aromatic rings. The normalized spacial score (nSPS) is 9.79. The van der Waals surface area contributed by atoms with Crippen LogP contribution in [0.15, 0.2) is 36.4 Å². The van der Waals surface area contributed by atoms with Crippen LogP contribution in [0, 0.1) is 24.1 Å². The summed E-state index contributed by atoms with van der Waals surface area (Å²) in [4.78, 5) is 0. The standard InChI is InChI=1S/C15H12FNO2/c1-10-3-5-14(15(7-10)18-2)19-13-6-4-12(16)8-11(13)9-17/h3-8H,1-2H3. The summed E-state index contributed by atoms with van der Waals surface area (Å²) < 4.78 is 23.9. The summed E-state index contributed by atoms with van der Waals surface area (Å²) in [5.74, 6) is 0.871. The number of methoxy groups -OCH3 is 1. The van der Waals surface area contributed by atoms with Crippen LogP contribution >= 0.6 is 0 Å². The van der Waals surface area contributed by atoms with Crippen molar-refractivity contribution in [2.24, 2.45) is 0 Å². The van der Waals surface area contributed by atoms with E-state index < -0.39 is 5.82 Å². The highest BCUT2D eigenvalue weighted by Crippen LogP contribution is 2.33. The average molecular weight is 257 g/mol. The quantitative estimate of drug-likeness (QED) is 0.839. The molecule has 2 rings (SSSR count). The third-order valence-corrected chi connectivity index (χ3v) is 2.60. The van der Waals surface area contributed by atoms with Gasteiger partial charge in [-0.25, -0.2) is 4.39 Å². The van der Waals surface area contributed by atoms with E-state index in [1.165, 1.54) is 19.2 Å². The molecule has 0 fully saturated rings. The highest BCUT2D eigenvalue weighted by molar-refractivity contribution is 5.49. The van der Waals surface area contributed by atoms with Crippen molar-refractivity contribution in [2.45, 2.75) is 6.92 Å². The lowest BCUT2D eigenvalue weighted by atomic mass is 10.2. The van der Waals surface area contributed by atoms with Crippen LogP contribution < -0.4 is 9.47 Å². The van der Waals surface area contributed by atoms with Crippen LogP contribution in [0.4, 0.5) is 4.39 Å². The molecule has 2 aromatic carbocycles. The summed E-state index contributed by atoms with van der Waals surface area (Å²) in [6.45, 7) is 1.94. The van der Waals surface area contributed by atoms with Gasteiger partial charge in [-0.1, -0.05) is 6.07 Å². The van der Waals surface area contributed by atoms with E-state index in [4.69, 9.17) is 14.7 Å². The maximum Gasteiger partial charge on any atom is 0.169 e. The molecule has 96 valence electrons. The van der Waals surface area contributed by atoms with Gasteiger partial charge in [-0.2, -0.15) is 5.26 Å². The zero-order valence-corrected chi connectivity index (χ0v) is 10.6. The third-order valence-electron chi connectivity index (χ3n) is 2.60. The molecule has 0 atom stereocenters. The van der Waals surface area contributed by atoms with E-state index in [1.807, 2.05) is 25.1 Å². The summed E-state index contributed by atoms with van der Waals surface area (Å²) in [6.07, 6.45) is 0. The highest BCUT2D eigenvalue weighted by Gasteiger charge is 2.10. The van der Waals surface area contributed by atoms with Crippen molar-refractivity contribution in [1.82, 2.24) is 0 Å². The lowest BCUT2D eigenvalue weighted by Crippen LogP contribution is -1.93. The Labute approximate surface area is 110 Å². The first-order chi connectivity index (χ1) is 9.13. The van der Waals surface area contributed by atoms with Crippen molar-refractivity contribution in [3.8, 4) is 23.3 Å². The third kappa shape index (κ3) is 2.83. The molecule has 0 unspecified atom stereocenters. The van der Waals surface area contributed by atoms with Gasteiger partial charge in [0.1, 0.15) is 17.6 Å². The fourth-order valence-corrected chi connectivity index (χ4v) is 1.66. The SMILES string of the molecule is COc1cc(C)ccc1Oc1ccc(F)cc1C#N. The van der Waals surface area contributed by atoms with Gasteiger partial charge in [0.2, 0.25) is 0 Å². The van der Waals surface area contributed by atoms with E-state index in [2.05, 4.69) is 0 Å². The van der Waals surface area contributed by atoms with Crippen LogP contribution in [0.3, 0.4) is 0 Å². The minimum atomic E-state index is -0.472. The second kappa shape index (κ2) is 5.40. The molecule has 19 heavy (non-hydrogen) atoms. The molecule has 0 N–H and O–H groups in total. The highest BCUT2D eigenvalue weighted by atomic mass is 19.1. The van der Waals surface area contributed by atoms with E-state index in [-0.39, 0.29) is 5.56 Å². The first-order valence-electron chi connectivity index (χ1n) is 5.66. The van der Waals surface area contributed by atoms with Gasteiger partial charge < -0.3 is 9.47 Å². The maximum absolute atomic E-state index is 13.0. The average Bonchev–Trinajstić information content (AvgIpc) is 2.42. The number of benzene rings is 2. The van der Waals surface area contributed by atoms with Gasteiger partial charge in [-0.15, -0.1) is 0 Å². The molecule has 0 saturated heterocycles. The minimum Gasteiger partial charge on any atom is -0.493 e. The maximum atomic E-state index is 13.0. The number of hydrogen-bond acceptors (Lipinski definition) is 3. The Balaban J connectivity index is 2.39. The monoisotopic (exact) mass is 257 g/mol. The van der Waals surface area contributed by atoms with Crippen molar-refractivity contribution in [1.29, 1.82) is 5.26 Å². The van der Waals surface area contributed by atoms with Crippen molar-refractivity contribution in [2.75, 3.05) is 7.11 Å². The van der Waals surface area contributed by atoms with Crippen molar-refractivity contribution in [3.63, 3.8) is 0 Å². The molecule has 0 aromatic heterocycles. The second-order valence-electron chi connectivity index (χ2n) is 4.01. The number of nitriles is 1. The molecule has 0 aliphatic carbocycles. The summed E-state index contributed by atoms with van der Waals surface area (Å²) >= 11 is 0. The Hall–Kier alpha value is -2.54. The number of rotatable bonds is 3. The zero-order chi connectivity index (χ0) is 13.8. The molecular weight excluding hydrogens is 245 g/mol. The van der Waals surface area contributed by atoms with E-state index in [0.717, 1.165) is 11.6 Å². The number of ether oxygens (including phenoxy) is 2. The van der Waals surface area contributed by atoms with E-state index in [1.54, 1.807) is 6.07 Å². The predicted octanol–water partition coefficient (Wildman–Crippen LogP) is 3.81. The Kier molecular flexibility index (Phi) is 3.67. The molecule has 0 amide bonds. The summed E-state index contributed by atoms with van der Waals surface area (Å²) in [7, 11) is 1.54. The number of hydrogen-bond donors (Lipinski definition) is 0. The van der Waals surface area contributed by atoms with Crippen molar-refractivity contribution in [3.05, 3.63) is 53.3 Å². The van der Waals surface area contributed by atoms with E-state index >= 15 is 0 Å². The van der Waals surface area contributed by atoms with Crippen LogP contribution in [0.5, 0.6) is 17.2 Å². The number of nitrogens with zero attached hydrogens (tertiary/aromatic N) is 1. The molecule has 0 aliphatic rings. The van der Waals surface area contributed by atoms with Gasteiger partial charge in [0, 0.05) is 0 Å². The largest absolute Gasteiger partial charge is 0.493 e. The molecule has 0 radical (unpaired) electrons. The van der Waals surface area contributed by atoms with Crippen molar-refractivity contribution >= 4 is 0 Å². The first kappa shape index (κ1) is 12.9. The zero-order valence-electron chi connectivity index (χ0n) is 10.6. The van der Waals surface area contributed by atoms with Gasteiger partial charge >= 0.3 is 0 Å². The van der Waals surface area contributed by atoms with Gasteiger partial charge in [-0.05, 0) is 42.8 Å². The van der Waals surface area contributed by atoms with Crippen LogP contribution in [-0.2, 0) is 0 Å². The smallest absolute Gasteiger partial charge is 0.169 e. The van der Waals surface area contributed by atoms with Gasteiger partial charge in [-0.3, -0.25) is 0 Å². The summed E-state index contributed by atoms with van der Waals surface area (Å²) in [5.41, 5.74) is 1.17.